The van der Waals surface area contributed by atoms with Crippen molar-refractivity contribution < 1.29 is 9.53 Å². The zero-order chi connectivity index (χ0) is 19.9. The predicted octanol–water partition coefficient (Wildman–Crippen LogP) is 3.95. The molecule has 0 aliphatic rings. The van der Waals surface area contributed by atoms with Crippen LogP contribution in [0, 0.1) is 18.3 Å². The van der Waals surface area contributed by atoms with Gasteiger partial charge in [0.15, 0.2) is 5.82 Å². The Morgan fingerprint density at radius 3 is 2.96 bits per heavy atom. The molecule has 1 amide bonds. The molecule has 0 fully saturated rings. The molecule has 0 bridgehead atoms. The topological polar surface area (TPSA) is 104 Å². The van der Waals surface area contributed by atoms with Crippen LogP contribution in [0.1, 0.15) is 17.0 Å². The molecule has 9 heteroatoms. The number of nitrogens with zero attached hydrogens (tertiary/aromatic N) is 3. The van der Waals surface area contributed by atoms with Crippen LogP contribution < -0.4 is 10.1 Å². The number of anilines is 1. The molecule has 0 saturated heterocycles. The van der Waals surface area contributed by atoms with E-state index in [1.54, 1.807) is 12.1 Å². The second-order valence-corrected chi connectivity index (χ2v) is 7.14. The van der Waals surface area contributed by atoms with Crippen molar-refractivity contribution in [1.29, 1.82) is 5.26 Å². The van der Waals surface area contributed by atoms with Crippen LogP contribution in [0.3, 0.4) is 0 Å². The summed E-state index contributed by atoms with van der Waals surface area (Å²) in [5.41, 5.74) is 1.75. The number of ether oxygens (including phenoxy) is 1. The Morgan fingerprint density at radius 1 is 1.36 bits per heavy atom. The average molecular weight is 414 g/mol. The van der Waals surface area contributed by atoms with Gasteiger partial charge in [-0.3, -0.25) is 9.89 Å². The summed E-state index contributed by atoms with van der Waals surface area (Å²) in [5.74, 6) is 1.15. The van der Waals surface area contributed by atoms with Crippen LogP contribution in [0.25, 0.3) is 0 Å². The van der Waals surface area contributed by atoms with E-state index in [2.05, 4.69) is 20.5 Å². The number of aromatic amines is 1. The SMILES string of the molecule is Cc1ccccc1OCc1nc(SCC(=O)Nc2cc(Cl)ccc2C#N)n[nH]1. The first kappa shape index (κ1) is 19.7. The van der Waals surface area contributed by atoms with Gasteiger partial charge in [-0.2, -0.15) is 5.26 Å². The Hall–Kier alpha value is -3.02. The zero-order valence-electron chi connectivity index (χ0n) is 14.9. The highest BCUT2D eigenvalue weighted by Crippen LogP contribution is 2.21. The molecule has 3 rings (SSSR count). The van der Waals surface area contributed by atoms with Crippen LogP contribution in [0.4, 0.5) is 5.69 Å². The number of nitrogens with one attached hydrogen (secondary N) is 2. The fourth-order valence-electron chi connectivity index (χ4n) is 2.31. The number of benzene rings is 2. The second-order valence-electron chi connectivity index (χ2n) is 5.76. The minimum atomic E-state index is -0.286. The van der Waals surface area contributed by atoms with Crippen molar-refractivity contribution in [2.45, 2.75) is 18.7 Å². The largest absolute Gasteiger partial charge is 0.485 e. The van der Waals surface area contributed by atoms with E-state index in [0.29, 0.717) is 27.3 Å². The number of hydrogen-bond acceptors (Lipinski definition) is 6. The number of nitriles is 1. The lowest BCUT2D eigenvalue weighted by Crippen LogP contribution is -2.15. The van der Waals surface area contributed by atoms with E-state index in [1.165, 1.54) is 17.8 Å². The van der Waals surface area contributed by atoms with Crippen molar-refractivity contribution >= 4 is 35.0 Å². The highest BCUT2D eigenvalue weighted by atomic mass is 35.5. The summed E-state index contributed by atoms with van der Waals surface area (Å²) < 4.78 is 5.71. The summed E-state index contributed by atoms with van der Waals surface area (Å²) >= 11 is 7.09. The molecule has 7 nitrogen and oxygen atoms in total. The van der Waals surface area contributed by atoms with E-state index < -0.39 is 0 Å². The molecule has 28 heavy (non-hydrogen) atoms. The molecule has 0 unspecified atom stereocenters. The number of para-hydroxylation sites is 1. The molecule has 0 saturated carbocycles. The molecule has 0 aliphatic heterocycles. The van der Waals surface area contributed by atoms with Gasteiger partial charge < -0.3 is 10.1 Å². The van der Waals surface area contributed by atoms with E-state index in [-0.39, 0.29) is 18.3 Å². The molecule has 3 aromatic rings. The van der Waals surface area contributed by atoms with Gasteiger partial charge in [-0.05, 0) is 36.8 Å². The number of H-pyrrole nitrogens is 1. The number of carbonyl (C=O) groups is 1. The average Bonchev–Trinajstić information content (AvgIpc) is 3.14. The molecule has 0 spiro atoms. The third kappa shape index (κ3) is 5.25. The maximum Gasteiger partial charge on any atom is 0.234 e. The maximum atomic E-state index is 12.1. The number of aromatic nitrogens is 3. The number of thioether (sulfide) groups is 1. The summed E-state index contributed by atoms with van der Waals surface area (Å²) in [6.45, 7) is 2.21. The van der Waals surface area contributed by atoms with E-state index >= 15 is 0 Å². The van der Waals surface area contributed by atoms with E-state index in [9.17, 15) is 4.79 Å². The minimum Gasteiger partial charge on any atom is -0.485 e. The molecule has 142 valence electrons. The molecular formula is C19H16ClN5O2S. The van der Waals surface area contributed by atoms with Crippen molar-refractivity contribution in [3.8, 4) is 11.8 Å². The van der Waals surface area contributed by atoms with Gasteiger partial charge in [0.25, 0.3) is 0 Å². The van der Waals surface area contributed by atoms with Gasteiger partial charge >= 0.3 is 0 Å². The summed E-state index contributed by atoms with van der Waals surface area (Å²) in [5, 5.41) is 19.5. The van der Waals surface area contributed by atoms with E-state index in [0.717, 1.165) is 11.3 Å². The molecule has 1 heterocycles. The molecule has 2 aromatic carbocycles. The Labute approximate surface area is 171 Å². The lowest BCUT2D eigenvalue weighted by molar-refractivity contribution is -0.113. The van der Waals surface area contributed by atoms with Gasteiger partial charge in [-0.1, -0.05) is 41.6 Å². The van der Waals surface area contributed by atoms with Crippen LogP contribution in [0.5, 0.6) is 5.75 Å². The smallest absolute Gasteiger partial charge is 0.234 e. The highest BCUT2D eigenvalue weighted by molar-refractivity contribution is 7.99. The third-order valence-electron chi connectivity index (χ3n) is 3.68. The lowest BCUT2D eigenvalue weighted by Gasteiger charge is -2.06. The van der Waals surface area contributed by atoms with Crippen LogP contribution in [0.15, 0.2) is 47.6 Å². The zero-order valence-corrected chi connectivity index (χ0v) is 16.5. The summed E-state index contributed by atoms with van der Waals surface area (Å²) in [4.78, 5) is 16.4. The number of carbonyl (C=O) groups excluding carboxylic acids is 1. The number of rotatable bonds is 7. The standard InChI is InChI=1S/C19H16ClN5O2S/c1-12-4-2-3-5-16(12)27-10-17-23-19(25-24-17)28-11-18(26)22-15-8-14(20)7-6-13(15)9-21/h2-8H,10-11H2,1H3,(H,22,26)(H,23,24,25). The Bertz CT molecular complexity index is 1030. The summed E-state index contributed by atoms with van der Waals surface area (Å²) in [6, 6.07) is 14.4. The highest BCUT2D eigenvalue weighted by Gasteiger charge is 2.11. The molecule has 1 aromatic heterocycles. The molecule has 0 radical (unpaired) electrons. The van der Waals surface area contributed by atoms with Gasteiger partial charge in [0.2, 0.25) is 11.1 Å². The fraction of sp³-hybridized carbons (Fsp3) is 0.158. The van der Waals surface area contributed by atoms with Crippen molar-refractivity contribution in [2.24, 2.45) is 0 Å². The van der Waals surface area contributed by atoms with Gasteiger partial charge in [0.1, 0.15) is 18.4 Å². The third-order valence-corrected chi connectivity index (χ3v) is 4.76. The Kier molecular flexibility index (Phi) is 6.53. The summed E-state index contributed by atoms with van der Waals surface area (Å²) in [7, 11) is 0. The predicted molar refractivity (Wildman–Crippen MR) is 107 cm³/mol. The monoisotopic (exact) mass is 413 g/mol. The maximum absolute atomic E-state index is 12.1. The fourth-order valence-corrected chi connectivity index (χ4v) is 3.09. The van der Waals surface area contributed by atoms with Crippen LogP contribution in [-0.2, 0) is 11.4 Å². The van der Waals surface area contributed by atoms with Crippen LogP contribution in [0.2, 0.25) is 5.02 Å². The number of amides is 1. The van der Waals surface area contributed by atoms with E-state index in [4.69, 9.17) is 21.6 Å². The van der Waals surface area contributed by atoms with Gasteiger partial charge in [-0.15, -0.1) is 5.10 Å². The first-order valence-electron chi connectivity index (χ1n) is 8.27. The van der Waals surface area contributed by atoms with Gasteiger partial charge in [0.05, 0.1) is 17.0 Å². The normalized spacial score (nSPS) is 10.3. The first-order valence-corrected chi connectivity index (χ1v) is 9.63. The molecule has 0 aliphatic carbocycles. The van der Waals surface area contributed by atoms with Gasteiger partial charge in [0, 0.05) is 5.02 Å². The number of aryl methyl sites for hydroxylation is 1. The molecule has 2 N–H and O–H groups in total. The van der Waals surface area contributed by atoms with Crippen molar-refractivity contribution in [1.82, 2.24) is 15.2 Å². The second kappa shape index (κ2) is 9.26. The summed E-state index contributed by atoms with van der Waals surface area (Å²) in [6.07, 6.45) is 0. The first-order chi connectivity index (χ1) is 13.5. The van der Waals surface area contributed by atoms with Gasteiger partial charge in [-0.25, -0.2) is 4.98 Å². The van der Waals surface area contributed by atoms with Crippen molar-refractivity contribution in [3.63, 3.8) is 0 Å². The lowest BCUT2D eigenvalue weighted by atomic mass is 10.2. The van der Waals surface area contributed by atoms with Crippen molar-refractivity contribution in [3.05, 3.63) is 64.4 Å². The van der Waals surface area contributed by atoms with Crippen LogP contribution >= 0.6 is 23.4 Å². The van der Waals surface area contributed by atoms with Crippen molar-refractivity contribution in [2.75, 3.05) is 11.1 Å². The number of hydrogen-bond donors (Lipinski definition) is 2. The molecular weight excluding hydrogens is 398 g/mol. The Balaban J connectivity index is 1.52. The minimum absolute atomic E-state index is 0.0906. The Morgan fingerprint density at radius 2 is 2.18 bits per heavy atom. The number of halogens is 1. The quantitative estimate of drug-likeness (QED) is 0.568. The van der Waals surface area contributed by atoms with E-state index in [1.807, 2.05) is 37.3 Å². The van der Waals surface area contributed by atoms with Crippen LogP contribution in [-0.4, -0.2) is 26.8 Å². The molecule has 0 atom stereocenters.